The first-order chi connectivity index (χ1) is 10.7. The Morgan fingerprint density at radius 2 is 2.09 bits per heavy atom. The molecule has 0 aliphatic carbocycles. The largest absolute Gasteiger partial charge is 0.275 e. The summed E-state index contributed by atoms with van der Waals surface area (Å²) in [5.74, 6) is 0.627. The molecule has 1 aromatic carbocycles. The van der Waals surface area contributed by atoms with E-state index in [1.54, 1.807) is 29.2 Å². The van der Waals surface area contributed by atoms with E-state index in [0.717, 1.165) is 20.6 Å². The second-order valence-electron chi connectivity index (χ2n) is 4.64. The Kier molecular flexibility index (Phi) is 3.44. The van der Waals surface area contributed by atoms with Crippen molar-refractivity contribution < 1.29 is 0 Å². The van der Waals surface area contributed by atoms with E-state index in [9.17, 15) is 4.79 Å². The number of fused-ring (bicyclic) bond motifs is 2. The lowest BCUT2D eigenvalue weighted by molar-refractivity contribution is 0.872. The third kappa shape index (κ3) is 2.53. The lowest BCUT2D eigenvalue weighted by Gasteiger charge is -1.98. The number of hydrogen-bond acceptors (Lipinski definition) is 7. The fraction of sp³-hybridized carbons (Fsp3) is 0.143. The summed E-state index contributed by atoms with van der Waals surface area (Å²) in [6.45, 7) is 1.87. The summed E-state index contributed by atoms with van der Waals surface area (Å²) in [5.41, 5.74) is 1.64. The smallest absolute Gasteiger partial charge is 0.267 e. The van der Waals surface area contributed by atoms with Crippen LogP contribution in [0.1, 0.15) is 10.7 Å². The third-order valence-electron chi connectivity index (χ3n) is 3.02. The summed E-state index contributed by atoms with van der Waals surface area (Å²) in [6, 6.07) is 9.61. The maximum absolute atomic E-state index is 12.0. The number of thiazole rings is 1. The number of hydrogen-bond donors (Lipinski definition) is 0. The molecule has 0 fully saturated rings. The van der Waals surface area contributed by atoms with Crippen molar-refractivity contribution in [2.24, 2.45) is 0 Å². The average Bonchev–Trinajstić information content (AvgIpc) is 3.07. The van der Waals surface area contributed by atoms with Gasteiger partial charge in [-0.3, -0.25) is 4.79 Å². The number of rotatable bonds is 3. The fourth-order valence-electron chi connectivity index (χ4n) is 2.07. The Morgan fingerprint density at radius 3 is 2.95 bits per heavy atom. The summed E-state index contributed by atoms with van der Waals surface area (Å²) < 4.78 is 3.52. The number of aryl methyl sites for hydroxylation is 1. The van der Waals surface area contributed by atoms with E-state index in [0.29, 0.717) is 10.7 Å². The molecular weight excluding hydrogens is 336 g/mol. The Balaban J connectivity index is 1.61. The Bertz CT molecular complexity index is 1000. The van der Waals surface area contributed by atoms with E-state index < -0.39 is 0 Å². The Morgan fingerprint density at radius 1 is 1.23 bits per heavy atom. The van der Waals surface area contributed by atoms with Gasteiger partial charge in [0, 0.05) is 11.8 Å². The number of thioether (sulfide) groups is 1. The van der Waals surface area contributed by atoms with Gasteiger partial charge in [-0.15, -0.1) is 11.3 Å². The molecule has 0 saturated carbocycles. The highest BCUT2D eigenvalue weighted by Gasteiger charge is 2.09. The van der Waals surface area contributed by atoms with Crippen LogP contribution in [0.2, 0.25) is 0 Å². The molecule has 0 aliphatic heterocycles. The van der Waals surface area contributed by atoms with E-state index in [1.807, 2.05) is 25.1 Å². The normalized spacial score (nSPS) is 11.5. The molecule has 0 radical (unpaired) electrons. The van der Waals surface area contributed by atoms with Gasteiger partial charge in [-0.25, -0.2) is 9.97 Å². The first kappa shape index (κ1) is 13.9. The second kappa shape index (κ2) is 5.45. The maximum Gasteiger partial charge on any atom is 0.275 e. The lowest BCUT2D eigenvalue weighted by atomic mass is 10.3. The van der Waals surface area contributed by atoms with E-state index in [2.05, 4.69) is 21.1 Å². The number of benzene rings is 1. The molecule has 22 heavy (non-hydrogen) atoms. The summed E-state index contributed by atoms with van der Waals surface area (Å²) >= 11 is 4.69. The summed E-state index contributed by atoms with van der Waals surface area (Å²) in [5, 5.41) is 4.98. The van der Waals surface area contributed by atoms with Crippen molar-refractivity contribution in [3.05, 3.63) is 51.4 Å². The zero-order valence-corrected chi connectivity index (χ0v) is 14.0. The summed E-state index contributed by atoms with van der Waals surface area (Å²) in [4.78, 5) is 21.7. The maximum atomic E-state index is 12.0. The van der Waals surface area contributed by atoms with Crippen LogP contribution in [0, 0.1) is 6.92 Å². The van der Waals surface area contributed by atoms with Crippen molar-refractivity contribution in [2.45, 2.75) is 17.0 Å². The first-order valence-corrected chi connectivity index (χ1v) is 9.16. The standard InChI is InChI=1S/C14H10N4OS3/c1-8-17-18-12(19)6-9(15-13(18)21-8)7-20-14-16-10-4-2-3-5-11(10)22-14/h2-6H,7H2,1H3. The van der Waals surface area contributed by atoms with Crippen molar-refractivity contribution in [3.63, 3.8) is 0 Å². The van der Waals surface area contributed by atoms with Gasteiger partial charge in [0.2, 0.25) is 4.96 Å². The molecule has 110 valence electrons. The molecule has 5 nitrogen and oxygen atoms in total. The van der Waals surface area contributed by atoms with E-state index in [4.69, 9.17) is 0 Å². The van der Waals surface area contributed by atoms with Crippen molar-refractivity contribution in [3.8, 4) is 0 Å². The highest BCUT2D eigenvalue weighted by molar-refractivity contribution is 8.00. The Hall–Kier alpha value is -1.77. The van der Waals surface area contributed by atoms with Gasteiger partial charge in [0.1, 0.15) is 5.01 Å². The van der Waals surface area contributed by atoms with Crippen LogP contribution in [0.25, 0.3) is 15.2 Å². The molecule has 0 saturated heterocycles. The van der Waals surface area contributed by atoms with Crippen LogP contribution in [-0.2, 0) is 5.75 Å². The minimum absolute atomic E-state index is 0.130. The molecule has 0 amide bonds. The lowest BCUT2D eigenvalue weighted by Crippen LogP contribution is -2.15. The van der Waals surface area contributed by atoms with Crippen LogP contribution in [-0.4, -0.2) is 19.6 Å². The van der Waals surface area contributed by atoms with Gasteiger partial charge in [-0.1, -0.05) is 35.2 Å². The molecule has 3 heterocycles. The molecule has 4 rings (SSSR count). The SMILES string of the molecule is Cc1nn2c(=O)cc(CSc3nc4ccccc4s3)nc2s1. The predicted molar refractivity (Wildman–Crippen MR) is 91.1 cm³/mol. The van der Waals surface area contributed by atoms with E-state index in [1.165, 1.54) is 20.6 Å². The van der Waals surface area contributed by atoms with Crippen LogP contribution in [0.4, 0.5) is 0 Å². The monoisotopic (exact) mass is 346 g/mol. The zero-order valence-electron chi connectivity index (χ0n) is 11.5. The highest BCUT2D eigenvalue weighted by atomic mass is 32.2. The number of para-hydroxylation sites is 1. The molecule has 4 aromatic rings. The number of nitrogens with zero attached hydrogens (tertiary/aromatic N) is 4. The molecule has 0 aliphatic rings. The minimum Gasteiger partial charge on any atom is -0.267 e. The van der Waals surface area contributed by atoms with Gasteiger partial charge in [0.05, 0.1) is 15.9 Å². The average molecular weight is 346 g/mol. The summed E-state index contributed by atoms with van der Waals surface area (Å²) in [6.07, 6.45) is 0. The predicted octanol–water partition coefficient (Wildman–Crippen LogP) is 3.36. The van der Waals surface area contributed by atoms with E-state index >= 15 is 0 Å². The van der Waals surface area contributed by atoms with Gasteiger partial charge in [-0.2, -0.15) is 9.61 Å². The molecule has 0 spiro atoms. The summed E-state index contributed by atoms with van der Waals surface area (Å²) in [7, 11) is 0. The highest BCUT2D eigenvalue weighted by Crippen LogP contribution is 2.30. The van der Waals surface area contributed by atoms with Gasteiger partial charge in [0.15, 0.2) is 4.34 Å². The molecule has 0 atom stereocenters. The molecule has 3 aromatic heterocycles. The minimum atomic E-state index is -0.130. The quantitative estimate of drug-likeness (QED) is 0.532. The van der Waals surface area contributed by atoms with Crippen molar-refractivity contribution >= 4 is 49.6 Å². The number of aromatic nitrogens is 4. The van der Waals surface area contributed by atoms with Crippen LogP contribution in [0.3, 0.4) is 0 Å². The van der Waals surface area contributed by atoms with Gasteiger partial charge in [-0.05, 0) is 19.1 Å². The van der Waals surface area contributed by atoms with Gasteiger partial charge < -0.3 is 0 Å². The van der Waals surface area contributed by atoms with Crippen LogP contribution in [0.15, 0.2) is 39.5 Å². The van der Waals surface area contributed by atoms with Crippen LogP contribution in [0.5, 0.6) is 0 Å². The van der Waals surface area contributed by atoms with Gasteiger partial charge >= 0.3 is 0 Å². The Labute approximate surface area is 137 Å². The van der Waals surface area contributed by atoms with Crippen molar-refractivity contribution in [1.29, 1.82) is 0 Å². The van der Waals surface area contributed by atoms with Gasteiger partial charge in [0.25, 0.3) is 5.56 Å². The topological polar surface area (TPSA) is 60.2 Å². The van der Waals surface area contributed by atoms with Crippen LogP contribution < -0.4 is 5.56 Å². The van der Waals surface area contributed by atoms with Crippen molar-refractivity contribution in [2.75, 3.05) is 0 Å². The second-order valence-corrected chi connectivity index (χ2v) is 8.05. The fourth-order valence-corrected chi connectivity index (χ4v) is 4.80. The molecular formula is C14H10N4OS3. The first-order valence-electron chi connectivity index (χ1n) is 6.54. The molecule has 0 N–H and O–H groups in total. The zero-order chi connectivity index (χ0) is 15.1. The van der Waals surface area contributed by atoms with E-state index in [-0.39, 0.29) is 5.56 Å². The molecule has 8 heteroatoms. The molecule has 0 bridgehead atoms. The third-order valence-corrected chi connectivity index (χ3v) is 6.05. The van der Waals surface area contributed by atoms with Crippen LogP contribution >= 0.6 is 34.4 Å². The molecule has 0 unspecified atom stereocenters. The van der Waals surface area contributed by atoms with Crippen molar-refractivity contribution in [1.82, 2.24) is 19.6 Å².